The van der Waals surface area contributed by atoms with Gasteiger partial charge in [0, 0.05) is 30.2 Å². The summed E-state index contributed by atoms with van der Waals surface area (Å²) in [7, 11) is 1.55. The van der Waals surface area contributed by atoms with Crippen molar-refractivity contribution in [2.24, 2.45) is 17.8 Å². The Balaban J connectivity index is 1.47. The van der Waals surface area contributed by atoms with Crippen LogP contribution >= 0.6 is 11.6 Å². The van der Waals surface area contributed by atoms with E-state index in [0.29, 0.717) is 52.7 Å². The molecule has 1 aromatic heterocycles. The number of amides is 2. The number of benzene rings is 1. The lowest BCUT2D eigenvalue weighted by Crippen LogP contribution is -2.40. The molecule has 1 aliphatic heterocycles. The highest BCUT2D eigenvalue weighted by molar-refractivity contribution is 6.35. The lowest BCUT2D eigenvalue weighted by atomic mass is 9.93. The molecule has 0 spiro atoms. The quantitative estimate of drug-likeness (QED) is 0.459. The minimum atomic E-state index is -0.765. The first-order valence-corrected chi connectivity index (χ1v) is 11.6. The smallest absolute Gasteiger partial charge is 0.224 e. The van der Waals surface area contributed by atoms with Crippen molar-refractivity contribution in [2.75, 3.05) is 13.7 Å². The number of aromatic amines is 1. The summed E-state index contributed by atoms with van der Waals surface area (Å²) in [5.41, 5.74) is 0.978. The van der Waals surface area contributed by atoms with Crippen molar-refractivity contribution < 1.29 is 19.1 Å². The van der Waals surface area contributed by atoms with Gasteiger partial charge in [-0.1, -0.05) is 24.4 Å². The first-order valence-electron chi connectivity index (χ1n) is 11.3. The maximum Gasteiger partial charge on any atom is 0.224 e. The molecule has 2 amide bonds. The van der Waals surface area contributed by atoms with Crippen LogP contribution in [0.1, 0.15) is 49.0 Å². The molecule has 1 aliphatic carbocycles. The average molecular weight is 471 g/mol. The summed E-state index contributed by atoms with van der Waals surface area (Å²) < 4.78 is 5.36. The number of ketones is 1. The second-order valence-electron chi connectivity index (χ2n) is 8.93. The van der Waals surface area contributed by atoms with Gasteiger partial charge in [-0.05, 0) is 43.4 Å². The minimum absolute atomic E-state index is 0.0250. The van der Waals surface area contributed by atoms with Gasteiger partial charge in [-0.15, -0.1) is 0 Å². The van der Waals surface area contributed by atoms with Crippen molar-refractivity contribution in [1.82, 2.24) is 15.6 Å². The predicted molar refractivity (Wildman–Crippen MR) is 123 cm³/mol. The van der Waals surface area contributed by atoms with E-state index in [2.05, 4.69) is 21.7 Å². The van der Waals surface area contributed by atoms with E-state index >= 15 is 0 Å². The Bertz CT molecular complexity index is 1120. The third-order valence-corrected chi connectivity index (χ3v) is 6.81. The molecule has 0 radical (unpaired) electrons. The van der Waals surface area contributed by atoms with Crippen LogP contribution in [0.25, 0.3) is 10.9 Å². The molecular weight excluding hydrogens is 444 g/mol. The molecule has 1 aromatic carbocycles. The van der Waals surface area contributed by atoms with Crippen molar-refractivity contribution in [1.29, 1.82) is 5.26 Å². The zero-order chi connectivity index (χ0) is 23.5. The predicted octanol–water partition coefficient (Wildman–Crippen LogP) is 3.35. The number of hydrogen-bond acceptors (Lipinski definition) is 5. The van der Waals surface area contributed by atoms with Gasteiger partial charge in [0.2, 0.25) is 11.8 Å². The molecule has 2 aliphatic rings. The fraction of sp³-hybridized carbons (Fsp3) is 0.500. The first-order chi connectivity index (χ1) is 15.9. The van der Waals surface area contributed by atoms with Crippen LogP contribution in [0.2, 0.25) is 5.02 Å². The third-order valence-electron chi connectivity index (χ3n) is 6.50. The fourth-order valence-electron chi connectivity index (χ4n) is 4.45. The molecule has 3 N–H and O–H groups in total. The zero-order valence-electron chi connectivity index (χ0n) is 18.4. The number of nitriles is 1. The van der Waals surface area contributed by atoms with Gasteiger partial charge in [-0.2, -0.15) is 5.26 Å². The van der Waals surface area contributed by atoms with E-state index in [1.807, 2.05) is 0 Å². The number of ether oxygens (including phenoxy) is 1. The van der Waals surface area contributed by atoms with Crippen LogP contribution in [-0.2, 0) is 9.59 Å². The van der Waals surface area contributed by atoms with E-state index in [1.54, 1.807) is 25.3 Å². The second-order valence-corrected chi connectivity index (χ2v) is 9.33. The summed E-state index contributed by atoms with van der Waals surface area (Å²) in [5, 5.41) is 16.2. The molecule has 3 atom stereocenters. The lowest BCUT2D eigenvalue weighted by Gasteiger charge is -2.19. The minimum Gasteiger partial charge on any atom is -0.496 e. The number of Topliss-reactive ketones (excluding diaryl/α,β-unsaturated/α-hetero) is 1. The largest absolute Gasteiger partial charge is 0.496 e. The van der Waals surface area contributed by atoms with E-state index in [9.17, 15) is 19.6 Å². The second kappa shape index (κ2) is 9.84. The number of nitrogens with zero attached hydrogens (tertiary/aromatic N) is 1. The SMILES string of the molecule is COc1ccc(Cl)c2[nH]c(C(=O)CC(CC3CC3)C(=O)NC(C#N)CC3CCNC3=O)cc12. The van der Waals surface area contributed by atoms with Crippen molar-refractivity contribution in [3.8, 4) is 11.8 Å². The number of nitrogens with one attached hydrogen (secondary N) is 3. The molecule has 2 heterocycles. The molecule has 33 heavy (non-hydrogen) atoms. The Morgan fingerprint density at radius 1 is 1.30 bits per heavy atom. The number of hydrogen-bond donors (Lipinski definition) is 3. The maximum absolute atomic E-state index is 13.1. The highest BCUT2D eigenvalue weighted by Gasteiger charge is 2.34. The molecule has 0 bridgehead atoms. The molecular formula is C24H27ClN4O4. The van der Waals surface area contributed by atoms with E-state index in [1.165, 1.54) is 0 Å². The summed E-state index contributed by atoms with van der Waals surface area (Å²) in [6.07, 6.45) is 3.64. The monoisotopic (exact) mass is 470 g/mol. The summed E-state index contributed by atoms with van der Waals surface area (Å²) in [6.45, 7) is 0.591. The standard InChI is InChI=1S/C24H27ClN4O4/c1-33-21-5-4-18(25)22-17(21)11-19(29-22)20(30)10-15(8-13-2-3-13)24(32)28-16(12-26)9-14-6-7-27-23(14)31/h4-5,11,13-16,29H,2-3,6-10H2,1H3,(H,27,31)(H,28,32). The Morgan fingerprint density at radius 3 is 2.73 bits per heavy atom. The van der Waals surface area contributed by atoms with Gasteiger partial charge < -0.3 is 20.4 Å². The Labute approximate surface area is 197 Å². The van der Waals surface area contributed by atoms with Crippen LogP contribution < -0.4 is 15.4 Å². The molecule has 174 valence electrons. The topological polar surface area (TPSA) is 124 Å². The van der Waals surface area contributed by atoms with Gasteiger partial charge in [0.15, 0.2) is 5.78 Å². The highest BCUT2D eigenvalue weighted by atomic mass is 35.5. The fourth-order valence-corrected chi connectivity index (χ4v) is 4.66. The summed E-state index contributed by atoms with van der Waals surface area (Å²) in [4.78, 5) is 41.1. The molecule has 1 saturated heterocycles. The van der Waals surface area contributed by atoms with E-state index in [4.69, 9.17) is 16.3 Å². The summed E-state index contributed by atoms with van der Waals surface area (Å²) in [6, 6.07) is 6.47. The van der Waals surface area contributed by atoms with Gasteiger partial charge >= 0.3 is 0 Å². The summed E-state index contributed by atoms with van der Waals surface area (Å²) >= 11 is 6.27. The van der Waals surface area contributed by atoms with Crippen LogP contribution in [0, 0.1) is 29.1 Å². The van der Waals surface area contributed by atoms with Gasteiger partial charge in [0.05, 0.1) is 29.4 Å². The average Bonchev–Trinajstić information content (AvgIpc) is 3.34. The molecule has 2 fully saturated rings. The van der Waals surface area contributed by atoms with Gasteiger partial charge in [-0.3, -0.25) is 14.4 Å². The number of carbonyl (C=O) groups excluding carboxylic acids is 3. The number of methoxy groups -OCH3 is 1. The number of rotatable bonds is 10. The van der Waals surface area contributed by atoms with Crippen LogP contribution in [0.3, 0.4) is 0 Å². The summed E-state index contributed by atoms with van der Waals surface area (Å²) in [5.74, 6) is -0.383. The molecule has 2 aromatic rings. The Morgan fingerprint density at radius 2 is 2.09 bits per heavy atom. The number of fused-ring (bicyclic) bond motifs is 1. The van der Waals surface area contributed by atoms with Crippen molar-refractivity contribution in [3.63, 3.8) is 0 Å². The number of carbonyl (C=O) groups is 3. The van der Waals surface area contributed by atoms with E-state index in [-0.39, 0.29) is 36.4 Å². The van der Waals surface area contributed by atoms with Gasteiger partial charge in [0.1, 0.15) is 11.8 Å². The maximum atomic E-state index is 13.1. The number of aromatic nitrogens is 1. The molecule has 1 saturated carbocycles. The number of halogens is 1. The molecule has 4 rings (SSSR count). The van der Waals surface area contributed by atoms with Crippen LogP contribution in [0.5, 0.6) is 5.75 Å². The van der Waals surface area contributed by atoms with E-state index < -0.39 is 12.0 Å². The third kappa shape index (κ3) is 5.31. The van der Waals surface area contributed by atoms with Crippen LogP contribution in [-0.4, -0.2) is 42.3 Å². The van der Waals surface area contributed by atoms with Crippen LogP contribution in [0.15, 0.2) is 18.2 Å². The van der Waals surface area contributed by atoms with Gasteiger partial charge in [0.25, 0.3) is 0 Å². The normalized spacial score (nSPS) is 19.5. The lowest BCUT2D eigenvalue weighted by molar-refractivity contribution is -0.127. The van der Waals surface area contributed by atoms with Crippen molar-refractivity contribution >= 4 is 40.1 Å². The Hall–Kier alpha value is -3.05. The molecule has 9 heteroatoms. The number of H-pyrrole nitrogens is 1. The Kier molecular flexibility index (Phi) is 6.89. The van der Waals surface area contributed by atoms with Crippen molar-refractivity contribution in [2.45, 2.75) is 44.6 Å². The van der Waals surface area contributed by atoms with E-state index in [0.717, 1.165) is 12.8 Å². The molecule has 3 unspecified atom stereocenters. The molecule has 8 nitrogen and oxygen atoms in total. The van der Waals surface area contributed by atoms with Gasteiger partial charge in [-0.25, -0.2) is 0 Å². The first kappa shape index (κ1) is 23.1. The highest BCUT2D eigenvalue weighted by Crippen LogP contribution is 2.37. The zero-order valence-corrected chi connectivity index (χ0v) is 19.2. The van der Waals surface area contributed by atoms with Crippen molar-refractivity contribution in [3.05, 3.63) is 28.9 Å². The van der Waals surface area contributed by atoms with Crippen LogP contribution in [0.4, 0.5) is 0 Å².